The molecule has 0 fully saturated rings. The van der Waals surface area contributed by atoms with Gasteiger partial charge in [-0.15, -0.1) is 0 Å². The molecule has 0 saturated carbocycles. The van der Waals surface area contributed by atoms with Crippen molar-refractivity contribution in [2.45, 2.75) is 13.0 Å². The van der Waals surface area contributed by atoms with Gasteiger partial charge >= 0.3 is 0 Å². The maximum absolute atomic E-state index is 5.89. The van der Waals surface area contributed by atoms with Gasteiger partial charge in [0.25, 0.3) is 0 Å². The molecule has 0 unspecified atom stereocenters. The van der Waals surface area contributed by atoms with Crippen molar-refractivity contribution in [3.8, 4) is 17.0 Å². The van der Waals surface area contributed by atoms with Crippen molar-refractivity contribution >= 4 is 22.5 Å². The summed E-state index contributed by atoms with van der Waals surface area (Å²) in [6.45, 7) is 1.74. The molecule has 100 valence electrons. The van der Waals surface area contributed by atoms with Crippen LogP contribution in [0.2, 0.25) is 5.28 Å². The van der Waals surface area contributed by atoms with Gasteiger partial charge in [-0.2, -0.15) is 0 Å². The fraction of sp³-hybridized carbons (Fsp3) is 0.200. The third-order valence-corrected chi connectivity index (χ3v) is 3.77. The number of rotatable bonds is 1. The summed E-state index contributed by atoms with van der Waals surface area (Å²) in [7, 11) is 0. The van der Waals surface area contributed by atoms with Crippen molar-refractivity contribution in [3.05, 3.63) is 41.9 Å². The first kappa shape index (κ1) is 11.7. The molecule has 0 bridgehead atoms. The molecule has 1 aliphatic heterocycles. The van der Waals surface area contributed by atoms with E-state index in [1.165, 1.54) is 0 Å². The Morgan fingerprint density at radius 3 is 3.05 bits per heavy atom. The smallest absolute Gasteiger partial charge is 0.222 e. The first-order valence-electron chi connectivity index (χ1n) is 6.56. The molecule has 0 saturated heterocycles. The van der Waals surface area contributed by atoms with E-state index in [0.717, 1.165) is 47.5 Å². The Morgan fingerprint density at radius 1 is 1.20 bits per heavy atom. The van der Waals surface area contributed by atoms with Crippen molar-refractivity contribution in [1.82, 2.24) is 14.5 Å². The maximum atomic E-state index is 5.89. The van der Waals surface area contributed by atoms with Gasteiger partial charge in [0.15, 0.2) is 0 Å². The van der Waals surface area contributed by atoms with Gasteiger partial charge in [0.1, 0.15) is 5.75 Å². The second kappa shape index (κ2) is 4.49. The number of nitrogens with zero attached hydrogens (tertiary/aromatic N) is 3. The van der Waals surface area contributed by atoms with E-state index in [4.69, 9.17) is 16.3 Å². The fourth-order valence-electron chi connectivity index (χ4n) is 2.72. The van der Waals surface area contributed by atoms with Crippen LogP contribution in [0.4, 0.5) is 0 Å². The summed E-state index contributed by atoms with van der Waals surface area (Å²) in [6.07, 6.45) is 4.80. The monoisotopic (exact) mass is 285 g/mol. The highest BCUT2D eigenvalue weighted by molar-refractivity contribution is 6.28. The predicted octanol–water partition coefficient (Wildman–Crippen LogP) is 3.53. The van der Waals surface area contributed by atoms with E-state index < -0.39 is 0 Å². The summed E-state index contributed by atoms with van der Waals surface area (Å²) in [5.41, 5.74) is 3.02. The van der Waals surface area contributed by atoms with Crippen molar-refractivity contribution in [2.24, 2.45) is 0 Å². The van der Waals surface area contributed by atoms with Crippen LogP contribution in [-0.4, -0.2) is 21.1 Å². The third-order valence-electron chi connectivity index (χ3n) is 3.59. The minimum atomic E-state index is 0.264. The summed E-state index contributed by atoms with van der Waals surface area (Å²) < 4.78 is 8.05. The molecule has 0 atom stereocenters. The van der Waals surface area contributed by atoms with Gasteiger partial charge in [-0.3, -0.25) is 0 Å². The van der Waals surface area contributed by atoms with Crippen LogP contribution < -0.4 is 4.74 Å². The van der Waals surface area contributed by atoms with Crippen LogP contribution in [0.3, 0.4) is 0 Å². The number of hydrogen-bond acceptors (Lipinski definition) is 3. The average molecular weight is 286 g/mol. The normalized spacial score (nSPS) is 14.1. The first-order valence-corrected chi connectivity index (χ1v) is 6.94. The Hall–Kier alpha value is -2.07. The molecule has 5 heteroatoms. The highest BCUT2D eigenvalue weighted by Crippen LogP contribution is 2.36. The van der Waals surface area contributed by atoms with E-state index in [-0.39, 0.29) is 5.28 Å². The topological polar surface area (TPSA) is 39.9 Å². The lowest BCUT2D eigenvalue weighted by Gasteiger charge is -2.08. The Labute approximate surface area is 121 Å². The summed E-state index contributed by atoms with van der Waals surface area (Å²) in [5.74, 6) is 0.936. The molecule has 4 rings (SSSR count). The summed E-state index contributed by atoms with van der Waals surface area (Å²) in [4.78, 5) is 8.24. The molecular formula is C15H12ClN3O. The van der Waals surface area contributed by atoms with E-state index in [9.17, 15) is 0 Å². The number of halogens is 1. The van der Waals surface area contributed by atoms with E-state index in [1.54, 1.807) is 6.20 Å². The van der Waals surface area contributed by atoms with Gasteiger partial charge in [0.2, 0.25) is 5.28 Å². The van der Waals surface area contributed by atoms with Crippen molar-refractivity contribution in [1.29, 1.82) is 0 Å². The molecule has 0 spiro atoms. The van der Waals surface area contributed by atoms with E-state index in [2.05, 4.69) is 26.8 Å². The maximum Gasteiger partial charge on any atom is 0.222 e. The zero-order chi connectivity index (χ0) is 13.5. The van der Waals surface area contributed by atoms with Crippen LogP contribution in [0.25, 0.3) is 22.2 Å². The minimum absolute atomic E-state index is 0.264. The van der Waals surface area contributed by atoms with Gasteiger partial charge < -0.3 is 9.30 Å². The van der Waals surface area contributed by atoms with Crippen LogP contribution in [-0.2, 0) is 6.54 Å². The lowest BCUT2D eigenvalue weighted by Crippen LogP contribution is -1.97. The molecule has 0 aliphatic carbocycles. The van der Waals surface area contributed by atoms with Gasteiger partial charge in [-0.1, -0.05) is 0 Å². The molecule has 1 aliphatic rings. The molecule has 0 amide bonds. The Morgan fingerprint density at radius 2 is 2.15 bits per heavy atom. The largest absolute Gasteiger partial charge is 0.491 e. The molecule has 3 aromatic rings. The van der Waals surface area contributed by atoms with Gasteiger partial charge in [0, 0.05) is 29.9 Å². The molecule has 4 nitrogen and oxygen atoms in total. The number of hydrogen-bond donors (Lipinski definition) is 0. The van der Waals surface area contributed by atoms with E-state index >= 15 is 0 Å². The highest BCUT2D eigenvalue weighted by Gasteiger charge is 2.16. The zero-order valence-corrected chi connectivity index (χ0v) is 11.5. The molecule has 3 heterocycles. The Balaban J connectivity index is 2.00. The van der Waals surface area contributed by atoms with Crippen molar-refractivity contribution < 1.29 is 4.74 Å². The molecule has 20 heavy (non-hydrogen) atoms. The van der Waals surface area contributed by atoms with Gasteiger partial charge in [0.05, 0.1) is 17.8 Å². The number of aromatic nitrogens is 3. The Bertz CT molecular complexity index is 797. The fourth-order valence-corrected chi connectivity index (χ4v) is 2.87. The SMILES string of the molecule is Clc1nccc(-c2ccc3c4c2ccn4CCCO3)n1. The second-order valence-electron chi connectivity index (χ2n) is 4.80. The van der Waals surface area contributed by atoms with Crippen LogP contribution in [0.5, 0.6) is 5.75 Å². The second-order valence-corrected chi connectivity index (χ2v) is 5.13. The number of aryl methyl sites for hydroxylation is 1. The van der Waals surface area contributed by atoms with Crippen LogP contribution in [0, 0.1) is 0 Å². The van der Waals surface area contributed by atoms with E-state index in [1.807, 2.05) is 18.2 Å². The first-order chi connectivity index (χ1) is 9.83. The van der Waals surface area contributed by atoms with Crippen LogP contribution in [0.1, 0.15) is 6.42 Å². The summed E-state index contributed by atoms with van der Waals surface area (Å²) in [5, 5.41) is 1.40. The zero-order valence-electron chi connectivity index (χ0n) is 10.7. The highest BCUT2D eigenvalue weighted by atomic mass is 35.5. The van der Waals surface area contributed by atoms with Gasteiger partial charge in [-0.05, 0) is 42.3 Å². The predicted molar refractivity (Wildman–Crippen MR) is 78.1 cm³/mol. The van der Waals surface area contributed by atoms with Crippen LogP contribution >= 0.6 is 11.6 Å². The molecule has 2 aromatic heterocycles. The lowest BCUT2D eigenvalue weighted by atomic mass is 10.1. The standard InChI is InChI=1S/C15H12ClN3O/c16-15-17-6-4-12(18-15)10-2-3-13-14-11(10)5-8-19(14)7-1-9-20-13/h2-6,8H,1,7,9H2. The quantitative estimate of drug-likeness (QED) is 0.642. The lowest BCUT2D eigenvalue weighted by molar-refractivity contribution is 0.316. The minimum Gasteiger partial charge on any atom is -0.491 e. The summed E-state index contributed by atoms with van der Waals surface area (Å²) >= 11 is 5.89. The van der Waals surface area contributed by atoms with Crippen molar-refractivity contribution in [3.63, 3.8) is 0 Å². The summed E-state index contributed by atoms with van der Waals surface area (Å²) in [6, 6.07) is 8.03. The van der Waals surface area contributed by atoms with Crippen LogP contribution in [0.15, 0.2) is 36.7 Å². The van der Waals surface area contributed by atoms with Crippen molar-refractivity contribution in [2.75, 3.05) is 6.61 Å². The van der Waals surface area contributed by atoms with E-state index in [0.29, 0.717) is 0 Å². The average Bonchev–Trinajstić information content (AvgIpc) is 2.76. The Kier molecular flexibility index (Phi) is 2.63. The molecule has 0 N–H and O–H groups in total. The van der Waals surface area contributed by atoms with Gasteiger partial charge in [-0.25, -0.2) is 9.97 Å². The number of ether oxygens (including phenoxy) is 1. The molecular weight excluding hydrogens is 274 g/mol. The molecule has 0 radical (unpaired) electrons. The molecule has 1 aromatic carbocycles. The third kappa shape index (κ3) is 1.76. The number of benzene rings is 1.